The van der Waals surface area contributed by atoms with Crippen LogP contribution in [0.1, 0.15) is 6.42 Å². The zero-order valence-corrected chi connectivity index (χ0v) is 13.1. The summed E-state index contributed by atoms with van der Waals surface area (Å²) in [4.78, 5) is 25.1. The summed E-state index contributed by atoms with van der Waals surface area (Å²) < 4.78 is 12.8. The van der Waals surface area contributed by atoms with E-state index < -0.39 is 8.38 Å². The van der Waals surface area contributed by atoms with Crippen molar-refractivity contribution >= 4 is 28.9 Å². The van der Waals surface area contributed by atoms with Gasteiger partial charge in [-0.1, -0.05) is 0 Å². The van der Waals surface area contributed by atoms with Crippen molar-refractivity contribution in [3.63, 3.8) is 0 Å². The van der Waals surface area contributed by atoms with Crippen LogP contribution < -0.4 is 15.5 Å². The molecule has 0 spiro atoms. The molecular formula is C10H21FN4O2P2. The lowest BCUT2D eigenvalue weighted by molar-refractivity contribution is -0.124. The van der Waals surface area contributed by atoms with Gasteiger partial charge in [0.25, 0.3) is 0 Å². The number of nitrogens with one attached hydrogen (secondary N) is 3. The standard InChI is InChI=1S/C10H21FN4O2P2/c1-18-13-9(16)6-15(8-3-4-12-5-8)7-10(17)14-19(2)11/h8,12,18H,3-7H2,1-2H3,(H,13,16)(H,14,17). The molecule has 0 aromatic carbocycles. The molecule has 0 aromatic heterocycles. The zero-order chi connectivity index (χ0) is 14.3. The molecule has 0 aliphatic carbocycles. The summed E-state index contributed by atoms with van der Waals surface area (Å²) in [5, 5.41) is 8.21. The second-order valence-electron chi connectivity index (χ2n) is 4.36. The van der Waals surface area contributed by atoms with Gasteiger partial charge in [-0.05, 0) is 28.4 Å². The van der Waals surface area contributed by atoms with Gasteiger partial charge in [-0.3, -0.25) is 14.5 Å². The number of hydrogen-bond acceptors (Lipinski definition) is 4. The summed E-state index contributed by atoms with van der Waals surface area (Å²) in [6.07, 6.45) is 0.894. The molecule has 3 atom stereocenters. The van der Waals surface area contributed by atoms with Gasteiger partial charge < -0.3 is 15.5 Å². The minimum absolute atomic E-state index is 0.0587. The fraction of sp³-hybridized carbons (Fsp3) is 0.800. The maximum atomic E-state index is 12.8. The molecular weight excluding hydrogens is 289 g/mol. The minimum atomic E-state index is -1.95. The monoisotopic (exact) mass is 310 g/mol. The Kier molecular flexibility index (Phi) is 7.69. The Balaban J connectivity index is 2.53. The zero-order valence-electron chi connectivity index (χ0n) is 11.2. The molecule has 6 nitrogen and oxygen atoms in total. The first-order valence-electron chi connectivity index (χ1n) is 6.12. The predicted molar refractivity (Wildman–Crippen MR) is 77.3 cm³/mol. The van der Waals surface area contributed by atoms with Crippen molar-refractivity contribution in [1.29, 1.82) is 0 Å². The Morgan fingerprint density at radius 2 is 2.16 bits per heavy atom. The van der Waals surface area contributed by atoms with Crippen molar-refractivity contribution in [1.82, 2.24) is 20.4 Å². The summed E-state index contributed by atoms with van der Waals surface area (Å²) in [6.45, 7) is 5.08. The number of amides is 2. The lowest BCUT2D eigenvalue weighted by Crippen LogP contribution is -2.46. The highest BCUT2D eigenvalue weighted by molar-refractivity contribution is 7.49. The van der Waals surface area contributed by atoms with Gasteiger partial charge in [-0.15, -0.1) is 0 Å². The Hall–Kier alpha value is -0.350. The van der Waals surface area contributed by atoms with Gasteiger partial charge in [0.05, 0.1) is 13.1 Å². The molecule has 19 heavy (non-hydrogen) atoms. The molecule has 1 fully saturated rings. The second kappa shape index (κ2) is 8.75. The molecule has 1 saturated heterocycles. The molecule has 3 N–H and O–H groups in total. The molecule has 0 saturated carbocycles. The third-order valence-electron chi connectivity index (χ3n) is 2.79. The highest BCUT2D eigenvalue weighted by Gasteiger charge is 2.26. The van der Waals surface area contributed by atoms with Gasteiger partial charge in [-0.2, -0.15) is 0 Å². The van der Waals surface area contributed by atoms with E-state index in [1.807, 2.05) is 11.6 Å². The number of carbonyl (C=O) groups is 2. The van der Waals surface area contributed by atoms with Gasteiger partial charge in [0.1, 0.15) is 0 Å². The van der Waals surface area contributed by atoms with Crippen LogP contribution in [0.25, 0.3) is 0 Å². The van der Waals surface area contributed by atoms with Crippen molar-refractivity contribution in [2.75, 3.05) is 39.5 Å². The van der Waals surface area contributed by atoms with Gasteiger partial charge >= 0.3 is 0 Å². The molecule has 1 heterocycles. The minimum Gasteiger partial charge on any atom is -0.337 e. The van der Waals surface area contributed by atoms with Crippen molar-refractivity contribution in [2.24, 2.45) is 0 Å². The number of halogens is 1. The van der Waals surface area contributed by atoms with Crippen molar-refractivity contribution < 1.29 is 13.8 Å². The van der Waals surface area contributed by atoms with E-state index in [4.69, 9.17) is 0 Å². The average molecular weight is 310 g/mol. The van der Waals surface area contributed by atoms with Gasteiger partial charge in [0, 0.05) is 19.3 Å². The van der Waals surface area contributed by atoms with Crippen molar-refractivity contribution in [3.05, 3.63) is 0 Å². The Morgan fingerprint density at radius 3 is 2.68 bits per heavy atom. The predicted octanol–water partition coefficient (Wildman–Crippen LogP) is 0.0172. The van der Waals surface area contributed by atoms with Gasteiger partial charge in [0.15, 0.2) is 8.38 Å². The fourth-order valence-corrected chi connectivity index (χ4v) is 2.79. The molecule has 2 amide bonds. The molecule has 9 heteroatoms. The summed E-state index contributed by atoms with van der Waals surface area (Å²) in [5.41, 5.74) is 0. The van der Waals surface area contributed by atoms with Gasteiger partial charge in [-0.25, -0.2) is 4.20 Å². The van der Waals surface area contributed by atoms with Crippen LogP contribution in [0, 0.1) is 0 Å². The van der Waals surface area contributed by atoms with E-state index in [0.29, 0.717) is 8.73 Å². The van der Waals surface area contributed by atoms with Crippen molar-refractivity contribution in [3.8, 4) is 0 Å². The molecule has 3 unspecified atom stereocenters. The van der Waals surface area contributed by atoms with Gasteiger partial charge in [0.2, 0.25) is 11.8 Å². The van der Waals surface area contributed by atoms with Crippen LogP contribution in [0.5, 0.6) is 0 Å². The van der Waals surface area contributed by atoms with Crippen LogP contribution in [0.4, 0.5) is 4.20 Å². The molecule has 0 bridgehead atoms. The summed E-state index contributed by atoms with van der Waals surface area (Å²) >= 11 is 0. The topological polar surface area (TPSA) is 73.5 Å². The highest BCUT2D eigenvalue weighted by Crippen LogP contribution is 2.25. The van der Waals surface area contributed by atoms with E-state index in [2.05, 4.69) is 15.5 Å². The van der Waals surface area contributed by atoms with Crippen LogP contribution in [0.2, 0.25) is 0 Å². The van der Waals surface area contributed by atoms with E-state index in [1.54, 1.807) is 0 Å². The van der Waals surface area contributed by atoms with Crippen molar-refractivity contribution in [2.45, 2.75) is 12.5 Å². The molecule has 0 radical (unpaired) electrons. The number of nitrogens with zero attached hydrogens (tertiary/aromatic N) is 1. The van der Waals surface area contributed by atoms with E-state index in [-0.39, 0.29) is 30.9 Å². The largest absolute Gasteiger partial charge is 0.337 e. The van der Waals surface area contributed by atoms with Crippen LogP contribution in [-0.2, 0) is 9.59 Å². The first-order chi connectivity index (χ1) is 9.02. The molecule has 110 valence electrons. The van der Waals surface area contributed by atoms with Crippen LogP contribution in [0.3, 0.4) is 0 Å². The highest BCUT2D eigenvalue weighted by atomic mass is 31.2. The first kappa shape index (κ1) is 16.7. The van der Waals surface area contributed by atoms with E-state index >= 15 is 0 Å². The molecule has 1 aliphatic heterocycles. The lowest BCUT2D eigenvalue weighted by atomic mass is 10.2. The summed E-state index contributed by atoms with van der Waals surface area (Å²) in [6, 6.07) is 0.152. The number of rotatable bonds is 7. The Bertz CT molecular complexity index is 314. The summed E-state index contributed by atoms with van der Waals surface area (Å²) in [7, 11) is -1.61. The average Bonchev–Trinajstić information content (AvgIpc) is 2.80. The maximum Gasteiger partial charge on any atom is 0.239 e. The Morgan fingerprint density at radius 1 is 1.47 bits per heavy atom. The normalized spacial score (nSPS) is 20.9. The van der Waals surface area contributed by atoms with Crippen LogP contribution >= 0.6 is 17.1 Å². The van der Waals surface area contributed by atoms with E-state index in [1.165, 1.54) is 6.66 Å². The fourth-order valence-electron chi connectivity index (χ4n) is 2.02. The Labute approximate surface area is 116 Å². The first-order valence-corrected chi connectivity index (χ1v) is 9.30. The van der Waals surface area contributed by atoms with E-state index in [9.17, 15) is 13.8 Å². The smallest absolute Gasteiger partial charge is 0.239 e. The third-order valence-corrected chi connectivity index (χ3v) is 3.87. The molecule has 1 rings (SSSR count). The maximum absolute atomic E-state index is 12.8. The SMILES string of the molecule is CPNC(=O)CN(CC(=O)NP(C)F)C1CCNC1. The number of carbonyl (C=O) groups excluding carboxylic acids is 2. The summed E-state index contributed by atoms with van der Waals surface area (Å²) in [5.74, 6) is -0.464. The molecule has 1 aliphatic rings. The second-order valence-corrected chi connectivity index (χ2v) is 6.29. The third kappa shape index (κ3) is 6.57. The van der Waals surface area contributed by atoms with E-state index in [0.717, 1.165) is 19.5 Å². The number of hydrogen-bond donors (Lipinski definition) is 3. The van der Waals surface area contributed by atoms with Crippen LogP contribution in [0.15, 0.2) is 0 Å². The quantitative estimate of drug-likeness (QED) is 0.580. The van der Waals surface area contributed by atoms with Crippen LogP contribution in [-0.4, -0.2) is 62.3 Å². The molecule has 0 aromatic rings. The lowest BCUT2D eigenvalue weighted by Gasteiger charge is -2.27.